The lowest BCUT2D eigenvalue weighted by Crippen LogP contribution is -1.91. The van der Waals surface area contributed by atoms with E-state index in [4.69, 9.17) is 9.97 Å². The molecule has 2 heterocycles. The van der Waals surface area contributed by atoms with Gasteiger partial charge in [-0.25, -0.2) is 0 Å². The molecular weight excluding hydrogens is 797 g/mol. The van der Waals surface area contributed by atoms with E-state index in [1.807, 2.05) is 24.5 Å². The van der Waals surface area contributed by atoms with E-state index >= 15 is 0 Å². The van der Waals surface area contributed by atoms with E-state index in [2.05, 4.69) is 206 Å². The Bertz CT molecular complexity index is 4180. The standard InChI is InChI=1S/C64H38N2/c1-3-17-39(18-4-1)58-55-38-54-45-32-31-41(42-21-7-9-23-46(42)56-29-11-13-35-65-56)37-53(45)49-26-16-27-50(61(49)54)62(55)59(40-19-5-2-6-20-40)64-51-28-15-25-48-44(33-34-52(60(48)51)63(58)64)43-22-8-10-24-47(43)57-30-12-14-36-66-57/h1-38H. The highest BCUT2D eigenvalue weighted by Gasteiger charge is 2.27. The van der Waals surface area contributed by atoms with Crippen molar-refractivity contribution in [1.29, 1.82) is 0 Å². The molecule has 66 heavy (non-hydrogen) atoms. The summed E-state index contributed by atoms with van der Waals surface area (Å²) in [5.41, 5.74) is 13.9. The van der Waals surface area contributed by atoms with E-state index in [-0.39, 0.29) is 0 Å². The fraction of sp³-hybridized carbons (Fsp3) is 0. The van der Waals surface area contributed by atoms with Gasteiger partial charge in [0.2, 0.25) is 0 Å². The van der Waals surface area contributed by atoms with Gasteiger partial charge in [-0.1, -0.05) is 182 Å². The molecular formula is C64H38N2. The Hall–Kier alpha value is -8.72. The van der Waals surface area contributed by atoms with Crippen molar-refractivity contribution < 1.29 is 0 Å². The van der Waals surface area contributed by atoms with Crippen LogP contribution in [0.4, 0.5) is 0 Å². The molecule has 2 aromatic heterocycles. The van der Waals surface area contributed by atoms with Crippen molar-refractivity contribution in [1.82, 2.24) is 9.97 Å². The number of fused-ring (bicyclic) bond motifs is 8. The molecule has 0 unspecified atom stereocenters. The predicted octanol–water partition coefficient (Wildman–Crippen LogP) is 17.4. The van der Waals surface area contributed by atoms with Crippen molar-refractivity contribution in [3.63, 3.8) is 0 Å². The predicted molar refractivity (Wildman–Crippen MR) is 280 cm³/mol. The maximum Gasteiger partial charge on any atom is 0.0708 e. The van der Waals surface area contributed by atoms with Crippen LogP contribution in [0.5, 0.6) is 0 Å². The van der Waals surface area contributed by atoms with Crippen LogP contribution in [-0.2, 0) is 0 Å². The van der Waals surface area contributed by atoms with Crippen molar-refractivity contribution in [3.05, 3.63) is 231 Å². The molecule has 0 N–H and O–H groups in total. The van der Waals surface area contributed by atoms with Crippen LogP contribution in [0.3, 0.4) is 0 Å². The molecule has 0 aliphatic heterocycles. The number of pyridine rings is 2. The molecule has 0 amide bonds. The highest BCUT2D eigenvalue weighted by Crippen LogP contribution is 2.55. The number of hydrogen-bond acceptors (Lipinski definition) is 2. The van der Waals surface area contributed by atoms with Gasteiger partial charge in [0.25, 0.3) is 0 Å². The Morgan fingerprint density at radius 3 is 1.41 bits per heavy atom. The maximum atomic E-state index is 4.80. The van der Waals surface area contributed by atoms with Crippen LogP contribution in [0, 0.1) is 0 Å². The number of benzene rings is 10. The number of aromatic nitrogens is 2. The monoisotopic (exact) mass is 834 g/mol. The van der Waals surface area contributed by atoms with Crippen LogP contribution in [0.2, 0.25) is 0 Å². The first kappa shape index (κ1) is 36.7. The summed E-state index contributed by atoms with van der Waals surface area (Å²) in [4.78, 5) is 9.56. The molecule has 0 saturated carbocycles. The summed E-state index contributed by atoms with van der Waals surface area (Å²) >= 11 is 0. The molecule has 0 aliphatic rings. The first-order valence-corrected chi connectivity index (χ1v) is 22.7. The third-order valence-corrected chi connectivity index (χ3v) is 14.1. The normalized spacial score (nSPS) is 11.9. The molecule has 2 heteroatoms. The van der Waals surface area contributed by atoms with E-state index in [0.29, 0.717) is 0 Å². The summed E-state index contributed by atoms with van der Waals surface area (Å²) in [7, 11) is 0. The molecule has 14 aromatic rings. The zero-order valence-corrected chi connectivity index (χ0v) is 35.8. The van der Waals surface area contributed by atoms with Gasteiger partial charge in [-0.05, 0) is 156 Å². The highest BCUT2D eigenvalue weighted by atomic mass is 14.7. The number of hydrogen-bond donors (Lipinski definition) is 0. The first-order chi connectivity index (χ1) is 32.8. The van der Waals surface area contributed by atoms with Crippen molar-refractivity contribution in [2.24, 2.45) is 0 Å². The van der Waals surface area contributed by atoms with Gasteiger partial charge in [0.05, 0.1) is 11.4 Å². The fourth-order valence-corrected chi connectivity index (χ4v) is 11.4. The average molecular weight is 835 g/mol. The van der Waals surface area contributed by atoms with Crippen molar-refractivity contribution in [2.75, 3.05) is 0 Å². The topological polar surface area (TPSA) is 25.8 Å². The number of rotatable bonds is 6. The molecule has 0 aliphatic carbocycles. The minimum Gasteiger partial charge on any atom is -0.256 e. The van der Waals surface area contributed by atoms with Gasteiger partial charge in [-0.15, -0.1) is 0 Å². The van der Waals surface area contributed by atoms with Crippen LogP contribution in [0.25, 0.3) is 142 Å². The summed E-state index contributed by atoms with van der Waals surface area (Å²) in [5.74, 6) is 0. The Balaban J connectivity index is 1.14. The fourth-order valence-electron chi connectivity index (χ4n) is 11.4. The largest absolute Gasteiger partial charge is 0.256 e. The van der Waals surface area contributed by atoms with E-state index in [9.17, 15) is 0 Å². The van der Waals surface area contributed by atoms with Crippen LogP contribution >= 0.6 is 0 Å². The lowest BCUT2D eigenvalue weighted by molar-refractivity contribution is 1.33. The SMILES string of the molecule is c1ccc(-c2c3cc4c5ccc(-c6ccccc6-c6ccccn6)cc5c5cccc(c3c(-c3ccccc3)c3c6cccc7c(-c8ccccc8-c8ccccn8)ccc(c23)c76)c54)cc1. The molecule has 0 bridgehead atoms. The van der Waals surface area contributed by atoms with Gasteiger partial charge in [0.15, 0.2) is 0 Å². The third kappa shape index (κ3) is 5.30. The maximum absolute atomic E-state index is 4.80. The molecule has 0 fully saturated rings. The molecule has 304 valence electrons. The van der Waals surface area contributed by atoms with E-state index in [0.717, 1.165) is 22.5 Å². The van der Waals surface area contributed by atoms with Crippen molar-refractivity contribution in [3.8, 4) is 67.0 Å². The Morgan fingerprint density at radius 1 is 0.212 bits per heavy atom. The molecule has 2 nitrogen and oxygen atoms in total. The Labute approximate surface area is 381 Å². The van der Waals surface area contributed by atoms with Gasteiger partial charge >= 0.3 is 0 Å². The molecule has 12 aromatic carbocycles. The summed E-state index contributed by atoms with van der Waals surface area (Å²) in [6, 6.07) is 80.1. The van der Waals surface area contributed by atoms with Crippen LogP contribution in [-0.4, -0.2) is 9.97 Å². The summed E-state index contributed by atoms with van der Waals surface area (Å²) in [6.45, 7) is 0. The molecule has 0 radical (unpaired) electrons. The Kier molecular flexibility index (Phi) is 8.02. The zero-order chi connectivity index (χ0) is 43.3. The van der Waals surface area contributed by atoms with Gasteiger partial charge in [0.1, 0.15) is 0 Å². The second-order valence-corrected chi connectivity index (χ2v) is 17.5. The van der Waals surface area contributed by atoms with Crippen LogP contribution < -0.4 is 0 Å². The minimum absolute atomic E-state index is 0.971. The zero-order valence-electron chi connectivity index (χ0n) is 35.8. The first-order valence-electron chi connectivity index (χ1n) is 22.7. The smallest absolute Gasteiger partial charge is 0.0708 e. The quantitative estimate of drug-likeness (QED) is 0.156. The second-order valence-electron chi connectivity index (χ2n) is 17.5. The Morgan fingerprint density at radius 2 is 0.727 bits per heavy atom. The molecule has 0 saturated heterocycles. The summed E-state index contributed by atoms with van der Waals surface area (Å²) in [5, 5.41) is 17.9. The summed E-state index contributed by atoms with van der Waals surface area (Å²) < 4.78 is 0. The lowest BCUT2D eigenvalue weighted by Gasteiger charge is -2.19. The summed E-state index contributed by atoms with van der Waals surface area (Å²) in [6.07, 6.45) is 3.76. The van der Waals surface area contributed by atoms with Gasteiger partial charge in [0, 0.05) is 23.5 Å². The van der Waals surface area contributed by atoms with Gasteiger partial charge < -0.3 is 0 Å². The third-order valence-electron chi connectivity index (χ3n) is 14.1. The average Bonchev–Trinajstić information content (AvgIpc) is 3.90. The number of nitrogens with zero attached hydrogens (tertiary/aromatic N) is 2. The molecule has 0 atom stereocenters. The lowest BCUT2D eigenvalue weighted by atomic mass is 9.84. The van der Waals surface area contributed by atoms with Crippen LogP contribution in [0.1, 0.15) is 0 Å². The van der Waals surface area contributed by atoms with E-state index in [1.54, 1.807) is 0 Å². The van der Waals surface area contributed by atoms with Gasteiger partial charge in [-0.3, -0.25) is 9.97 Å². The van der Waals surface area contributed by atoms with Crippen molar-refractivity contribution >= 4 is 75.4 Å². The van der Waals surface area contributed by atoms with Crippen molar-refractivity contribution in [2.45, 2.75) is 0 Å². The van der Waals surface area contributed by atoms with E-state index < -0.39 is 0 Å². The van der Waals surface area contributed by atoms with Crippen LogP contribution in [0.15, 0.2) is 231 Å². The van der Waals surface area contributed by atoms with Gasteiger partial charge in [-0.2, -0.15) is 0 Å². The highest BCUT2D eigenvalue weighted by molar-refractivity contribution is 6.45. The van der Waals surface area contributed by atoms with E-state index in [1.165, 1.54) is 120 Å². The minimum atomic E-state index is 0.971. The second kappa shape index (κ2) is 14.4. The molecule has 14 rings (SSSR count). The molecule has 0 spiro atoms.